The molecule has 0 saturated carbocycles. The number of benzene rings is 1. The number of nitrogens with two attached hydrogens (primary N) is 1. The maximum absolute atomic E-state index is 7.90. The van der Waals surface area contributed by atoms with Crippen LogP contribution in [-0.2, 0) is 6.42 Å². The third kappa shape index (κ3) is 2.37. The minimum atomic E-state index is 0.0815. The molecule has 4 heteroatoms. The summed E-state index contributed by atoms with van der Waals surface area (Å²) in [5, 5.41) is 7.90. The highest BCUT2D eigenvalue weighted by Gasteiger charge is 2.23. The summed E-state index contributed by atoms with van der Waals surface area (Å²) in [6.45, 7) is 4.88. The second-order valence-corrected chi connectivity index (χ2v) is 5.58. The highest BCUT2D eigenvalue weighted by molar-refractivity contribution is 6.02. The van der Waals surface area contributed by atoms with E-state index in [-0.39, 0.29) is 5.84 Å². The molecule has 0 spiro atoms. The molecule has 3 rings (SSSR count). The molecule has 0 amide bonds. The fourth-order valence-electron chi connectivity index (χ4n) is 3.10. The fraction of sp³-hybridized carbons (Fsp3) is 0.294. The van der Waals surface area contributed by atoms with Crippen molar-refractivity contribution >= 4 is 17.3 Å². The zero-order valence-corrected chi connectivity index (χ0v) is 12.5. The van der Waals surface area contributed by atoms with Crippen LogP contribution in [-0.4, -0.2) is 17.4 Å². The molecule has 0 unspecified atom stereocenters. The van der Waals surface area contributed by atoms with Crippen LogP contribution in [0.2, 0.25) is 0 Å². The second-order valence-electron chi connectivity index (χ2n) is 5.58. The molecule has 2 heterocycles. The Morgan fingerprint density at radius 2 is 2.05 bits per heavy atom. The molecule has 4 nitrogen and oxygen atoms in total. The lowest BCUT2D eigenvalue weighted by Gasteiger charge is -2.32. The molecule has 2 aromatic rings. The molecule has 0 saturated heterocycles. The summed E-state index contributed by atoms with van der Waals surface area (Å²) in [6, 6.07) is 10.4. The summed E-state index contributed by atoms with van der Waals surface area (Å²) < 4.78 is 0. The molecule has 1 aliphatic rings. The van der Waals surface area contributed by atoms with E-state index in [0.29, 0.717) is 0 Å². The number of nitrogen functional groups attached to an aromatic ring is 1. The summed E-state index contributed by atoms with van der Waals surface area (Å²) in [4.78, 5) is 6.89. The first-order chi connectivity index (χ1) is 10.1. The van der Waals surface area contributed by atoms with Crippen LogP contribution in [0.4, 0.5) is 11.5 Å². The summed E-state index contributed by atoms with van der Waals surface area (Å²) in [5.74, 6) is 0.894. The smallest absolute Gasteiger partial charge is 0.144 e. The van der Waals surface area contributed by atoms with Gasteiger partial charge in [0, 0.05) is 17.9 Å². The summed E-state index contributed by atoms with van der Waals surface area (Å²) in [6.07, 6.45) is 2.18. The minimum absolute atomic E-state index is 0.0815. The Morgan fingerprint density at radius 1 is 1.29 bits per heavy atom. The van der Waals surface area contributed by atoms with Gasteiger partial charge in [-0.05, 0) is 49.9 Å². The Kier molecular flexibility index (Phi) is 3.37. The van der Waals surface area contributed by atoms with E-state index in [1.54, 1.807) is 0 Å². The van der Waals surface area contributed by atoms with Crippen molar-refractivity contribution in [2.75, 3.05) is 11.4 Å². The average molecular weight is 280 g/mol. The molecule has 1 aromatic heterocycles. The monoisotopic (exact) mass is 280 g/mol. The molecule has 1 aliphatic heterocycles. The van der Waals surface area contributed by atoms with Gasteiger partial charge in [-0.1, -0.05) is 18.2 Å². The van der Waals surface area contributed by atoms with Gasteiger partial charge in [0.2, 0.25) is 0 Å². The molecule has 0 bridgehead atoms. The van der Waals surface area contributed by atoms with Gasteiger partial charge in [0.25, 0.3) is 0 Å². The molecule has 0 fully saturated rings. The number of rotatable bonds is 2. The lowest BCUT2D eigenvalue weighted by molar-refractivity contribution is 0.757. The fourth-order valence-corrected chi connectivity index (χ4v) is 3.10. The highest BCUT2D eigenvalue weighted by atomic mass is 15.2. The SMILES string of the molecule is Cc1cc(C)c(C(=N)N)c(N2CCCc3ccccc32)n1. The predicted octanol–water partition coefficient (Wildman–Crippen LogP) is 3.07. The third-order valence-electron chi connectivity index (χ3n) is 3.96. The van der Waals surface area contributed by atoms with Crippen molar-refractivity contribution in [3.05, 3.63) is 52.7 Å². The van der Waals surface area contributed by atoms with E-state index in [9.17, 15) is 0 Å². The quantitative estimate of drug-likeness (QED) is 0.656. The number of hydrogen-bond acceptors (Lipinski definition) is 3. The van der Waals surface area contributed by atoms with Gasteiger partial charge in [0.15, 0.2) is 0 Å². The third-order valence-corrected chi connectivity index (χ3v) is 3.96. The Bertz CT molecular complexity index is 706. The Hall–Kier alpha value is -2.36. The van der Waals surface area contributed by atoms with E-state index in [1.165, 1.54) is 11.3 Å². The van der Waals surface area contributed by atoms with Crippen LogP contribution in [0.5, 0.6) is 0 Å². The number of fused-ring (bicyclic) bond motifs is 1. The first-order valence-corrected chi connectivity index (χ1v) is 7.26. The Morgan fingerprint density at radius 3 is 2.81 bits per heavy atom. The van der Waals surface area contributed by atoms with Crippen LogP contribution in [0.1, 0.15) is 28.8 Å². The zero-order chi connectivity index (χ0) is 15.0. The number of amidine groups is 1. The maximum atomic E-state index is 7.90. The summed E-state index contributed by atoms with van der Waals surface area (Å²) in [7, 11) is 0. The van der Waals surface area contributed by atoms with Crippen LogP contribution >= 0.6 is 0 Å². The van der Waals surface area contributed by atoms with Crippen molar-refractivity contribution in [3.8, 4) is 0 Å². The number of nitrogens with zero attached hydrogens (tertiary/aromatic N) is 2. The van der Waals surface area contributed by atoms with Crippen LogP contribution in [0.3, 0.4) is 0 Å². The molecule has 0 atom stereocenters. The molecular formula is C17H20N4. The highest BCUT2D eigenvalue weighted by Crippen LogP contribution is 2.35. The van der Waals surface area contributed by atoms with Gasteiger partial charge in [-0.3, -0.25) is 5.41 Å². The predicted molar refractivity (Wildman–Crippen MR) is 86.5 cm³/mol. The topological polar surface area (TPSA) is 66.0 Å². The van der Waals surface area contributed by atoms with Crippen molar-refractivity contribution in [2.24, 2.45) is 5.73 Å². The Labute approximate surface area is 125 Å². The van der Waals surface area contributed by atoms with Crippen molar-refractivity contribution in [2.45, 2.75) is 26.7 Å². The zero-order valence-electron chi connectivity index (χ0n) is 12.5. The van der Waals surface area contributed by atoms with E-state index in [2.05, 4.69) is 28.1 Å². The number of nitrogens with one attached hydrogen (secondary N) is 1. The molecule has 1 aromatic carbocycles. The van der Waals surface area contributed by atoms with Crippen molar-refractivity contribution in [1.29, 1.82) is 5.41 Å². The number of aromatic nitrogens is 1. The van der Waals surface area contributed by atoms with E-state index >= 15 is 0 Å². The minimum Gasteiger partial charge on any atom is -0.384 e. The van der Waals surface area contributed by atoms with Gasteiger partial charge in [-0.25, -0.2) is 4.98 Å². The first kappa shape index (κ1) is 13.6. The van der Waals surface area contributed by atoms with Gasteiger partial charge in [-0.2, -0.15) is 0 Å². The largest absolute Gasteiger partial charge is 0.384 e. The standard InChI is InChI=1S/C17H20N4/c1-11-10-12(2)20-17(15(11)16(18)19)21-9-5-7-13-6-3-4-8-14(13)21/h3-4,6,8,10H,5,7,9H2,1-2H3,(H3,18,19). The van der Waals surface area contributed by atoms with Gasteiger partial charge in [-0.15, -0.1) is 0 Å². The van der Waals surface area contributed by atoms with Crippen molar-refractivity contribution < 1.29 is 0 Å². The molecule has 21 heavy (non-hydrogen) atoms. The second kappa shape index (κ2) is 5.20. The number of aryl methyl sites for hydroxylation is 3. The number of anilines is 2. The van der Waals surface area contributed by atoms with Gasteiger partial charge >= 0.3 is 0 Å². The van der Waals surface area contributed by atoms with Crippen molar-refractivity contribution in [3.63, 3.8) is 0 Å². The lowest BCUT2D eigenvalue weighted by Crippen LogP contribution is -2.29. The van der Waals surface area contributed by atoms with Crippen molar-refractivity contribution in [1.82, 2.24) is 4.98 Å². The van der Waals surface area contributed by atoms with Gasteiger partial charge < -0.3 is 10.6 Å². The lowest BCUT2D eigenvalue weighted by atomic mass is 10.00. The number of pyridine rings is 1. The van der Waals surface area contributed by atoms with E-state index < -0.39 is 0 Å². The molecule has 108 valence electrons. The number of para-hydroxylation sites is 1. The van der Waals surface area contributed by atoms with E-state index in [0.717, 1.165) is 42.0 Å². The number of hydrogen-bond donors (Lipinski definition) is 2. The Balaban J connectivity index is 2.20. The van der Waals surface area contributed by atoms with Gasteiger partial charge in [0.05, 0.1) is 5.56 Å². The van der Waals surface area contributed by atoms with Crippen LogP contribution in [0.15, 0.2) is 30.3 Å². The van der Waals surface area contributed by atoms with Crippen LogP contribution in [0.25, 0.3) is 0 Å². The summed E-state index contributed by atoms with van der Waals surface area (Å²) in [5.41, 5.74) is 11.0. The molecule has 0 aliphatic carbocycles. The molecule has 0 radical (unpaired) electrons. The van der Waals surface area contributed by atoms with Crippen LogP contribution < -0.4 is 10.6 Å². The maximum Gasteiger partial charge on any atom is 0.144 e. The van der Waals surface area contributed by atoms with E-state index in [4.69, 9.17) is 11.1 Å². The summed E-state index contributed by atoms with van der Waals surface area (Å²) >= 11 is 0. The van der Waals surface area contributed by atoms with E-state index in [1.807, 2.05) is 26.0 Å². The van der Waals surface area contributed by atoms with Gasteiger partial charge in [0.1, 0.15) is 11.7 Å². The van der Waals surface area contributed by atoms with Crippen LogP contribution in [0, 0.1) is 19.3 Å². The first-order valence-electron chi connectivity index (χ1n) is 7.26. The molecule has 3 N–H and O–H groups in total. The average Bonchev–Trinajstić information content (AvgIpc) is 2.45. The molecular weight excluding hydrogens is 260 g/mol. The normalized spacial score (nSPS) is 13.9.